The van der Waals surface area contributed by atoms with Gasteiger partial charge in [0.25, 0.3) is 0 Å². The first-order valence-electron chi connectivity index (χ1n) is 6.35. The zero-order valence-electron chi connectivity index (χ0n) is 12.2. The largest absolute Gasteiger partial charge is 0.444 e. The van der Waals surface area contributed by atoms with Crippen LogP contribution in [0.15, 0.2) is 24.3 Å². The second-order valence-electron chi connectivity index (χ2n) is 5.54. The summed E-state index contributed by atoms with van der Waals surface area (Å²) in [5.74, 6) is -1.03. The fraction of sp³-hybridized carbons (Fsp3) is 0.429. The fourth-order valence-corrected chi connectivity index (χ4v) is 1.56. The average molecular weight is 296 g/mol. The molecule has 0 fully saturated rings. The van der Waals surface area contributed by atoms with Gasteiger partial charge in [-0.05, 0) is 38.5 Å². The number of nitrogens with two attached hydrogens (primary N) is 1. The van der Waals surface area contributed by atoms with Crippen molar-refractivity contribution < 1.29 is 24.5 Å². The van der Waals surface area contributed by atoms with E-state index in [4.69, 9.17) is 10.5 Å². The first kappa shape index (κ1) is 16.9. The van der Waals surface area contributed by atoms with Gasteiger partial charge >= 0.3 is 6.09 Å². The molecular weight excluding hydrogens is 276 g/mol. The Kier molecular flexibility index (Phi) is 5.28. The average Bonchev–Trinajstić information content (AvgIpc) is 2.34. The molecule has 2 amide bonds. The lowest BCUT2D eigenvalue weighted by molar-refractivity contribution is -0.131. The van der Waals surface area contributed by atoms with Crippen LogP contribution in [-0.4, -0.2) is 33.9 Å². The van der Waals surface area contributed by atoms with Crippen LogP contribution in [0.2, 0.25) is 0 Å². The molecule has 0 spiro atoms. The maximum absolute atomic E-state index is 11.6. The number of amides is 2. The van der Waals surface area contributed by atoms with Gasteiger partial charge in [-0.1, -0.05) is 12.1 Å². The van der Waals surface area contributed by atoms with Gasteiger partial charge in [-0.15, -0.1) is 0 Å². The molecule has 0 radical (unpaired) electrons. The molecule has 2 atom stereocenters. The molecule has 7 heteroatoms. The monoisotopic (exact) mass is 296 g/mol. The Labute approximate surface area is 122 Å². The molecule has 1 aromatic rings. The lowest BCUT2D eigenvalue weighted by Crippen LogP contribution is -2.33. The van der Waals surface area contributed by atoms with Gasteiger partial charge in [0.15, 0.2) is 6.10 Å². The van der Waals surface area contributed by atoms with Crippen molar-refractivity contribution in [1.82, 2.24) is 0 Å². The molecule has 0 aromatic heterocycles. The van der Waals surface area contributed by atoms with Crippen LogP contribution in [0.5, 0.6) is 0 Å². The minimum atomic E-state index is -1.72. The van der Waals surface area contributed by atoms with Gasteiger partial charge in [-0.25, -0.2) is 4.79 Å². The Morgan fingerprint density at radius 1 is 1.29 bits per heavy atom. The number of hydrogen-bond acceptors (Lipinski definition) is 5. The summed E-state index contributed by atoms with van der Waals surface area (Å²) < 4.78 is 5.09. The molecule has 0 aliphatic rings. The second-order valence-corrected chi connectivity index (χ2v) is 5.54. The first-order valence-corrected chi connectivity index (χ1v) is 6.35. The van der Waals surface area contributed by atoms with Crippen molar-refractivity contribution in [3.63, 3.8) is 0 Å². The normalized spacial score (nSPS) is 14.1. The molecule has 0 aliphatic carbocycles. The SMILES string of the molecule is CC(C)(C)OC(=O)Nc1cccc(C(O)C(O)C(N)=O)c1. The highest BCUT2D eigenvalue weighted by molar-refractivity contribution is 5.85. The molecule has 7 nitrogen and oxygen atoms in total. The Morgan fingerprint density at radius 2 is 1.90 bits per heavy atom. The van der Waals surface area contributed by atoms with Gasteiger partial charge in [-0.2, -0.15) is 0 Å². The van der Waals surface area contributed by atoms with Crippen LogP contribution in [0.4, 0.5) is 10.5 Å². The van der Waals surface area contributed by atoms with Gasteiger partial charge in [0.05, 0.1) is 0 Å². The van der Waals surface area contributed by atoms with Crippen LogP contribution in [0.25, 0.3) is 0 Å². The van der Waals surface area contributed by atoms with E-state index < -0.39 is 29.8 Å². The predicted octanol–water partition coefficient (Wildman–Crippen LogP) is 0.913. The number of primary amides is 1. The van der Waals surface area contributed by atoms with Crippen molar-refractivity contribution in [3.05, 3.63) is 29.8 Å². The molecule has 21 heavy (non-hydrogen) atoms. The lowest BCUT2D eigenvalue weighted by atomic mass is 10.0. The summed E-state index contributed by atoms with van der Waals surface area (Å²) in [7, 11) is 0. The van der Waals surface area contributed by atoms with E-state index in [1.165, 1.54) is 12.1 Å². The maximum atomic E-state index is 11.6. The number of carbonyl (C=O) groups is 2. The quantitative estimate of drug-likeness (QED) is 0.658. The van der Waals surface area contributed by atoms with Gasteiger partial charge in [-0.3, -0.25) is 10.1 Å². The summed E-state index contributed by atoms with van der Waals surface area (Å²) in [6.45, 7) is 5.20. The maximum Gasteiger partial charge on any atom is 0.412 e. The number of ether oxygens (including phenoxy) is 1. The Morgan fingerprint density at radius 3 is 2.43 bits per heavy atom. The Bertz CT molecular complexity index is 524. The molecular formula is C14H20N2O5. The zero-order valence-corrected chi connectivity index (χ0v) is 12.2. The molecule has 1 rings (SSSR count). The summed E-state index contributed by atoms with van der Waals surface area (Å²) in [4.78, 5) is 22.5. The number of aliphatic hydroxyl groups excluding tert-OH is 2. The van der Waals surface area contributed by atoms with Crippen LogP contribution < -0.4 is 11.1 Å². The molecule has 0 saturated carbocycles. The molecule has 2 unspecified atom stereocenters. The number of carbonyl (C=O) groups excluding carboxylic acids is 2. The number of aliphatic hydroxyl groups is 2. The van der Waals surface area contributed by atoms with Crippen molar-refractivity contribution >= 4 is 17.7 Å². The number of anilines is 1. The first-order chi connectivity index (χ1) is 9.60. The Hall–Kier alpha value is -2.12. The molecule has 116 valence electrons. The van der Waals surface area contributed by atoms with E-state index in [0.717, 1.165) is 0 Å². The Balaban J connectivity index is 2.81. The van der Waals surface area contributed by atoms with Gasteiger partial charge in [0.1, 0.15) is 11.7 Å². The predicted molar refractivity (Wildman–Crippen MR) is 76.5 cm³/mol. The zero-order chi connectivity index (χ0) is 16.2. The smallest absolute Gasteiger partial charge is 0.412 e. The van der Waals surface area contributed by atoms with Gasteiger partial charge in [0, 0.05) is 5.69 Å². The van der Waals surface area contributed by atoms with E-state index in [2.05, 4.69) is 5.32 Å². The van der Waals surface area contributed by atoms with E-state index >= 15 is 0 Å². The van der Waals surface area contributed by atoms with E-state index in [0.29, 0.717) is 5.69 Å². The number of rotatable bonds is 4. The highest BCUT2D eigenvalue weighted by Crippen LogP contribution is 2.21. The van der Waals surface area contributed by atoms with Crippen molar-refractivity contribution in [2.45, 2.75) is 38.6 Å². The van der Waals surface area contributed by atoms with Crippen LogP contribution in [-0.2, 0) is 9.53 Å². The van der Waals surface area contributed by atoms with Crippen molar-refractivity contribution in [1.29, 1.82) is 0 Å². The summed E-state index contributed by atoms with van der Waals surface area (Å²) in [5.41, 5.74) is 4.89. The highest BCUT2D eigenvalue weighted by atomic mass is 16.6. The van der Waals surface area contributed by atoms with E-state index in [1.807, 2.05) is 0 Å². The van der Waals surface area contributed by atoms with Crippen molar-refractivity contribution in [2.24, 2.45) is 5.73 Å². The van der Waals surface area contributed by atoms with E-state index in [1.54, 1.807) is 32.9 Å². The third-order valence-electron chi connectivity index (χ3n) is 2.46. The van der Waals surface area contributed by atoms with Crippen LogP contribution >= 0.6 is 0 Å². The van der Waals surface area contributed by atoms with E-state index in [-0.39, 0.29) is 5.56 Å². The standard InChI is InChI=1S/C14H20N2O5/c1-14(2,3)21-13(20)16-9-6-4-5-8(7-9)10(17)11(18)12(15)19/h4-7,10-11,17-18H,1-3H3,(H2,15,19)(H,16,20). The number of hydrogen-bond donors (Lipinski definition) is 4. The van der Waals surface area contributed by atoms with Crippen LogP contribution in [0, 0.1) is 0 Å². The number of benzene rings is 1. The van der Waals surface area contributed by atoms with Crippen molar-refractivity contribution in [2.75, 3.05) is 5.32 Å². The summed E-state index contributed by atoms with van der Waals surface area (Å²) in [6, 6.07) is 6.05. The third kappa shape index (κ3) is 5.41. The minimum absolute atomic E-state index is 0.245. The van der Waals surface area contributed by atoms with Crippen LogP contribution in [0.1, 0.15) is 32.4 Å². The van der Waals surface area contributed by atoms with Crippen LogP contribution in [0.3, 0.4) is 0 Å². The third-order valence-corrected chi connectivity index (χ3v) is 2.46. The summed E-state index contributed by atoms with van der Waals surface area (Å²) >= 11 is 0. The molecule has 0 aliphatic heterocycles. The van der Waals surface area contributed by atoms with E-state index in [9.17, 15) is 19.8 Å². The summed E-state index contributed by atoms with van der Waals surface area (Å²) in [6.07, 6.45) is -3.84. The topological polar surface area (TPSA) is 122 Å². The summed E-state index contributed by atoms with van der Waals surface area (Å²) in [5, 5.41) is 21.7. The molecule has 0 bridgehead atoms. The molecule has 0 heterocycles. The lowest BCUT2D eigenvalue weighted by Gasteiger charge is -2.20. The molecule has 1 aromatic carbocycles. The fourth-order valence-electron chi connectivity index (χ4n) is 1.56. The second kappa shape index (κ2) is 6.55. The highest BCUT2D eigenvalue weighted by Gasteiger charge is 2.24. The van der Waals surface area contributed by atoms with Gasteiger partial charge < -0.3 is 20.7 Å². The minimum Gasteiger partial charge on any atom is -0.444 e. The van der Waals surface area contributed by atoms with Gasteiger partial charge in [0.2, 0.25) is 5.91 Å². The molecule has 0 saturated heterocycles. The molecule has 5 N–H and O–H groups in total. The number of nitrogens with one attached hydrogen (secondary N) is 1. The van der Waals surface area contributed by atoms with Crippen molar-refractivity contribution in [3.8, 4) is 0 Å².